The van der Waals surface area contributed by atoms with E-state index in [1.165, 1.54) is 18.4 Å². The summed E-state index contributed by atoms with van der Waals surface area (Å²) >= 11 is 0. The van der Waals surface area contributed by atoms with Crippen molar-refractivity contribution in [1.29, 1.82) is 0 Å². The average molecular weight is 248 g/mol. The van der Waals surface area contributed by atoms with Crippen LogP contribution in [-0.4, -0.2) is 11.2 Å². The van der Waals surface area contributed by atoms with E-state index in [1.54, 1.807) is 6.92 Å². The van der Waals surface area contributed by atoms with Gasteiger partial charge in [-0.1, -0.05) is 19.1 Å². The van der Waals surface area contributed by atoms with Gasteiger partial charge in [0.05, 0.1) is 12.2 Å². The highest BCUT2D eigenvalue weighted by Gasteiger charge is 2.21. The second-order valence-electron chi connectivity index (χ2n) is 5.72. The van der Waals surface area contributed by atoms with Crippen molar-refractivity contribution in [3.63, 3.8) is 0 Å². The number of ether oxygens (including phenoxy) is 1. The number of benzene rings is 1. The fourth-order valence-electron chi connectivity index (χ4n) is 2.62. The lowest BCUT2D eigenvalue weighted by molar-refractivity contribution is 0.126. The van der Waals surface area contributed by atoms with Crippen molar-refractivity contribution in [1.82, 2.24) is 0 Å². The molecule has 2 rings (SSSR count). The highest BCUT2D eigenvalue weighted by molar-refractivity contribution is 5.38. The van der Waals surface area contributed by atoms with Crippen LogP contribution >= 0.6 is 0 Å². The Kier molecular flexibility index (Phi) is 4.28. The molecule has 0 spiro atoms. The van der Waals surface area contributed by atoms with Crippen LogP contribution in [0.3, 0.4) is 0 Å². The number of aliphatic hydroxyl groups excluding tert-OH is 1. The van der Waals surface area contributed by atoms with Crippen LogP contribution in [0.2, 0.25) is 0 Å². The first-order chi connectivity index (χ1) is 8.56. The van der Waals surface area contributed by atoms with Crippen LogP contribution in [-0.2, 0) is 0 Å². The van der Waals surface area contributed by atoms with Gasteiger partial charge in [-0.2, -0.15) is 0 Å². The average Bonchev–Trinajstić information content (AvgIpc) is 2.32. The van der Waals surface area contributed by atoms with E-state index < -0.39 is 6.10 Å². The molecule has 1 aromatic carbocycles. The standard InChI is InChI=1S/C16H24O2/c1-11-4-7-14(8-5-11)18-16-10-12(2)6-9-15(16)13(3)17/h6,9-11,13-14,17H,4-5,7-8H2,1-3H3/t11?,13-,14?/m1/s1. The van der Waals surface area contributed by atoms with Crippen LogP contribution in [0, 0.1) is 12.8 Å². The molecule has 2 heteroatoms. The minimum Gasteiger partial charge on any atom is -0.490 e. The SMILES string of the molecule is Cc1ccc([C@@H](C)O)c(OC2CCC(C)CC2)c1. The molecule has 1 N–H and O–H groups in total. The van der Waals surface area contributed by atoms with Crippen LogP contribution < -0.4 is 4.74 Å². The van der Waals surface area contributed by atoms with E-state index in [1.807, 2.05) is 18.2 Å². The molecule has 2 nitrogen and oxygen atoms in total. The third kappa shape index (κ3) is 3.26. The number of hydrogen-bond acceptors (Lipinski definition) is 2. The molecule has 1 aliphatic rings. The van der Waals surface area contributed by atoms with Gasteiger partial charge in [-0.15, -0.1) is 0 Å². The van der Waals surface area contributed by atoms with Crippen LogP contribution in [0.1, 0.15) is 56.8 Å². The quantitative estimate of drug-likeness (QED) is 0.876. The zero-order valence-corrected chi connectivity index (χ0v) is 11.6. The van der Waals surface area contributed by atoms with Crippen molar-refractivity contribution >= 4 is 0 Å². The maximum absolute atomic E-state index is 9.79. The van der Waals surface area contributed by atoms with Gasteiger partial charge >= 0.3 is 0 Å². The maximum atomic E-state index is 9.79. The zero-order valence-electron chi connectivity index (χ0n) is 11.6. The lowest BCUT2D eigenvalue weighted by Gasteiger charge is -2.28. The first-order valence-corrected chi connectivity index (χ1v) is 7.01. The minimum atomic E-state index is -0.469. The van der Waals surface area contributed by atoms with Gasteiger partial charge in [0.2, 0.25) is 0 Å². The predicted octanol–water partition coefficient (Wildman–Crippen LogP) is 4.01. The summed E-state index contributed by atoms with van der Waals surface area (Å²) in [5, 5.41) is 9.79. The summed E-state index contributed by atoms with van der Waals surface area (Å²) in [7, 11) is 0. The molecular weight excluding hydrogens is 224 g/mol. The van der Waals surface area contributed by atoms with E-state index in [4.69, 9.17) is 4.74 Å². The molecule has 18 heavy (non-hydrogen) atoms. The monoisotopic (exact) mass is 248 g/mol. The van der Waals surface area contributed by atoms with Gasteiger partial charge in [0.1, 0.15) is 5.75 Å². The number of aliphatic hydroxyl groups is 1. The van der Waals surface area contributed by atoms with E-state index in [-0.39, 0.29) is 0 Å². The van der Waals surface area contributed by atoms with E-state index in [2.05, 4.69) is 13.8 Å². The van der Waals surface area contributed by atoms with Gasteiger partial charge in [0, 0.05) is 5.56 Å². The molecule has 0 saturated heterocycles. The lowest BCUT2D eigenvalue weighted by atomic mass is 9.89. The molecule has 0 aliphatic heterocycles. The molecule has 1 aliphatic carbocycles. The number of aryl methyl sites for hydroxylation is 1. The lowest BCUT2D eigenvalue weighted by Crippen LogP contribution is -2.23. The Morgan fingerprint density at radius 1 is 1.22 bits per heavy atom. The molecule has 1 saturated carbocycles. The van der Waals surface area contributed by atoms with E-state index in [9.17, 15) is 5.11 Å². The smallest absolute Gasteiger partial charge is 0.125 e. The van der Waals surface area contributed by atoms with Crippen molar-refractivity contribution < 1.29 is 9.84 Å². The summed E-state index contributed by atoms with van der Waals surface area (Å²) in [5.41, 5.74) is 2.08. The van der Waals surface area contributed by atoms with E-state index >= 15 is 0 Å². The largest absolute Gasteiger partial charge is 0.490 e. The molecule has 1 aromatic rings. The van der Waals surface area contributed by atoms with Crippen molar-refractivity contribution in [2.24, 2.45) is 5.92 Å². The maximum Gasteiger partial charge on any atom is 0.125 e. The van der Waals surface area contributed by atoms with Gasteiger partial charge < -0.3 is 9.84 Å². The molecule has 100 valence electrons. The Bertz CT molecular complexity index is 390. The van der Waals surface area contributed by atoms with Crippen LogP contribution in [0.4, 0.5) is 0 Å². The second kappa shape index (κ2) is 5.75. The van der Waals surface area contributed by atoms with Gasteiger partial charge in [-0.05, 0) is 57.1 Å². The first-order valence-electron chi connectivity index (χ1n) is 7.01. The Morgan fingerprint density at radius 3 is 2.50 bits per heavy atom. The molecule has 1 atom stereocenters. The van der Waals surface area contributed by atoms with Crippen molar-refractivity contribution in [2.75, 3.05) is 0 Å². The second-order valence-corrected chi connectivity index (χ2v) is 5.72. The summed E-state index contributed by atoms with van der Waals surface area (Å²) < 4.78 is 6.12. The van der Waals surface area contributed by atoms with Gasteiger partial charge in [-0.3, -0.25) is 0 Å². The third-order valence-corrected chi connectivity index (χ3v) is 3.88. The van der Waals surface area contributed by atoms with Crippen molar-refractivity contribution in [3.05, 3.63) is 29.3 Å². The predicted molar refractivity (Wildman–Crippen MR) is 73.9 cm³/mol. The van der Waals surface area contributed by atoms with Crippen molar-refractivity contribution in [2.45, 2.75) is 58.7 Å². The van der Waals surface area contributed by atoms with Gasteiger partial charge in [0.25, 0.3) is 0 Å². The molecule has 0 heterocycles. The van der Waals surface area contributed by atoms with E-state index in [0.29, 0.717) is 6.10 Å². The Balaban J connectivity index is 2.10. The number of rotatable bonds is 3. The Morgan fingerprint density at radius 2 is 1.89 bits per heavy atom. The summed E-state index contributed by atoms with van der Waals surface area (Å²) in [6.45, 7) is 6.16. The summed E-state index contributed by atoms with van der Waals surface area (Å²) in [4.78, 5) is 0. The highest BCUT2D eigenvalue weighted by Crippen LogP contribution is 2.31. The van der Waals surface area contributed by atoms with E-state index in [0.717, 1.165) is 30.1 Å². The summed E-state index contributed by atoms with van der Waals surface area (Å²) in [5.74, 6) is 1.70. The Hall–Kier alpha value is -1.02. The van der Waals surface area contributed by atoms with Gasteiger partial charge in [0.15, 0.2) is 0 Å². The van der Waals surface area contributed by atoms with Crippen molar-refractivity contribution in [3.8, 4) is 5.75 Å². The number of hydrogen-bond donors (Lipinski definition) is 1. The molecule has 0 aromatic heterocycles. The zero-order chi connectivity index (χ0) is 13.1. The molecule has 0 bridgehead atoms. The molecular formula is C16H24O2. The molecule has 0 unspecified atom stereocenters. The summed E-state index contributed by atoms with van der Waals surface area (Å²) in [6, 6.07) is 6.04. The fourth-order valence-corrected chi connectivity index (χ4v) is 2.62. The first kappa shape index (κ1) is 13.4. The summed E-state index contributed by atoms with van der Waals surface area (Å²) in [6.07, 6.45) is 4.62. The van der Waals surface area contributed by atoms with Gasteiger partial charge in [-0.25, -0.2) is 0 Å². The third-order valence-electron chi connectivity index (χ3n) is 3.88. The molecule has 0 radical (unpaired) electrons. The van der Waals surface area contributed by atoms with Crippen LogP contribution in [0.25, 0.3) is 0 Å². The molecule has 0 amide bonds. The highest BCUT2D eigenvalue weighted by atomic mass is 16.5. The minimum absolute atomic E-state index is 0.320. The fraction of sp³-hybridized carbons (Fsp3) is 0.625. The molecule has 1 fully saturated rings. The topological polar surface area (TPSA) is 29.5 Å². The van der Waals surface area contributed by atoms with Crippen LogP contribution in [0.15, 0.2) is 18.2 Å². The normalized spacial score (nSPS) is 25.8. The Labute approximate surface area is 110 Å². The van der Waals surface area contributed by atoms with Crippen LogP contribution in [0.5, 0.6) is 5.75 Å².